The predicted octanol–water partition coefficient (Wildman–Crippen LogP) is 4.54. The Morgan fingerprint density at radius 2 is 2.06 bits per heavy atom. The van der Waals surface area contributed by atoms with Crippen LogP contribution in [0.2, 0.25) is 5.02 Å². The molecule has 1 atom stereocenters. The van der Waals surface area contributed by atoms with E-state index in [1.807, 2.05) is 12.1 Å². The molecule has 0 fully saturated rings. The van der Waals surface area contributed by atoms with E-state index in [1.165, 1.54) is 12.0 Å². The normalized spacial score (nSPS) is 14.8. The smallest absolute Gasteiger partial charge is 0.0408 e. The molecule has 1 nitrogen and oxygen atoms in total. The highest BCUT2D eigenvalue weighted by atomic mass is 35.5. The van der Waals surface area contributed by atoms with Gasteiger partial charge in [-0.3, -0.25) is 0 Å². The SMILES string of the molecule is CCCNCC(C)(Cc1cccc(Cl)c1)C(C)C. The van der Waals surface area contributed by atoms with E-state index in [2.05, 4.69) is 45.1 Å². The molecular formula is C16H26ClN. The minimum absolute atomic E-state index is 0.278. The number of rotatable bonds is 7. The van der Waals surface area contributed by atoms with E-state index in [9.17, 15) is 0 Å². The van der Waals surface area contributed by atoms with Crippen molar-refractivity contribution in [3.63, 3.8) is 0 Å². The van der Waals surface area contributed by atoms with Gasteiger partial charge in [-0.15, -0.1) is 0 Å². The van der Waals surface area contributed by atoms with Crippen molar-refractivity contribution >= 4 is 11.6 Å². The van der Waals surface area contributed by atoms with Crippen LogP contribution in [0.15, 0.2) is 24.3 Å². The van der Waals surface area contributed by atoms with E-state index >= 15 is 0 Å². The average Bonchev–Trinajstić information content (AvgIpc) is 2.29. The Kier molecular flexibility index (Phi) is 6.17. The second-order valence-corrected chi connectivity index (χ2v) is 6.23. The lowest BCUT2D eigenvalue weighted by molar-refractivity contribution is 0.208. The summed E-state index contributed by atoms with van der Waals surface area (Å²) in [5.74, 6) is 0.640. The van der Waals surface area contributed by atoms with E-state index in [-0.39, 0.29) is 5.41 Å². The molecule has 18 heavy (non-hydrogen) atoms. The molecule has 0 saturated heterocycles. The summed E-state index contributed by atoms with van der Waals surface area (Å²) in [5, 5.41) is 4.39. The molecule has 1 aromatic rings. The van der Waals surface area contributed by atoms with E-state index in [0.717, 1.165) is 24.5 Å². The molecule has 0 aliphatic carbocycles. The third-order valence-electron chi connectivity index (χ3n) is 3.85. The second kappa shape index (κ2) is 7.16. The molecule has 1 aromatic carbocycles. The fraction of sp³-hybridized carbons (Fsp3) is 0.625. The average molecular weight is 268 g/mol. The first-order chi connectivity index (χ1) is 8.48. The van der Waals surface area contributed by atoms with Crippen molar-refractivity contribution in [3.8, 4) is 0 Å². The first-order valence-electron chi connectivity index (χ1n) is 6.93. The molecule has 0 aliphatic rings. The number of hydrogen-bond acceptors (Lipinski definition) is 1. The summed E-state index contributed by atoms with van der Waals surface area (Å²) in [5.41, 5.74) is 1.61. The molecule has 1 rings (SSSR count). The molecule has 0 aliphatic heterocycles. The fourth-order valence-corrected chi connectivity index (χ4v) is 2.35. The van der Waals surface area contributed by atoms with Gasteiger partial charge in [0.15, 0.2) is 0 Å². The van der Waals surface area contributed by atoms with Crippen LogP contribution in [0.3, 0.4) is 0 Å². The van der Waals surface area contributed by atoms with Gasteiger partial charge in [0.2, 0.25) is 0 Å². The number of halogens is 1. The molecule has 1 N–H and O–H groups in total. The zero-order valence-electron chi connectivity index (χ0n) is 12.1. The van der Waals surface area contributed by atoms with Gasteiger partial charge in [0.25, 0.3) is 0 Å². The second-order valence-electron chi connectivity index (χ2n) is 5.79. The van der Waals surface area contributed by atoms with Gasteiger partial charge in [-0.05, 0) is 48.4 Å². The van der Waals surface area contributed by atoms with Crippen LogP contribution in [0, 0.1) is 11.3 Å². The molecule has 0 spiro atoms. The maximum absolute atomic E-state index is 6.06. The van der Waals surface area contributed by atoms with Gasteiger partial charge >= 0.3 is 0 Å². The highest BCUT2D eigenvalue weighted by Gasteiger charge is 2.28. The standard InChI is InChI=1S/C16H26ClN/c1-5-9-18-12-16(4,13(2)3)11-14-7-6-8-15(17)10-14/h6-8,10,13,18H,5,9,11-12H2,1-4H3. The lowest BCUT2D eigenvalue weighted by Gasteiger charge is -2.34. The van der Waals surface area contributed by atoms with Crippen molar-refractivity contribution in [1.29, 1.82) is 0 Å². The zero-order chi connectivity index (χ0) is 13.6. The summed E-state index contributed by atoms with van der Waals surface area (Å²) >= 11 is 6.06. The van der Waals surface area contributed by atoms with Gasteiger partial charge in [-0.2, -0.15) is 0 Å². The Balaban J connectivity index is 2.72. The summed E-state index contributed by atoms with van der Waals surface area (Å²) in [6, 6.07) is 8.24. The van der Waals surface area contributed by atoms with Crippen molar-refractivity contribution in [2.45, 2.75) is 40.5 Å². The summed E-state index contributed by atoms with van der Waals surface area (Å²) in [4.78, 5) is 0. The third-order valence-corrected chi connectivity index (χ3v) is 4.08. The fourth-order valence-electron chi connectivity index (χ4n) is 2.13. The van der Waals surface area contributed by atoms with Gasteiger partial charge < -0.3 is 5.32 Å². The predicted molar refractivity (Wildman–Crippen MR) is 81.3 cm³/mol. The zero-order valence-corrected chi connectivity index (χ0v) is 12.8. The first kappa shape index (κ1) is 15.5. The van der Waals surface area contributed by atoms with Gasteiger partial charge in [-0.1, -0.05) is 51.4 Å². The highest BCUT2D eigenvalue weighted by Crippen LogP contribution is 2.31. The number of nitrogens with one attached hydrogen (secondary N) is 1. The van der Waals surface area contributed by atoms with Crippen molar-refractivity contribution in [3.05, 3.63) is 34.9 Å². The van der Waals surface area contributed by atoms with Gasteiger partial charge in [0.05, 0.1) is 0 Å². The van der Waals surface area contributed by atoms with Gasteiger partial charge in [0.1, 0.15) is 0 Å². The quantitative estimate of drug-likeness (QED) is 0.715. The van der Waals surface area contributed by atoms with Crippen LogP contribution in [0.5, 0.6) is 0 Å². The maximum Gasteiger partial charge on any atom is 0.0408 e. The summed E-state index contributed by atoms with van der Waals surface area (Å²) < 4.78 is 0. The van der Waals surface area contributed by atoms with Crippen LogP contribution in [0.25, 0.3) is 0 Å². The van der Waals surface area contributed by atoms with Crippen molar-refractivity contribution in [1.82, 2.24) is 5.32 Å². The molecule has 0 heterocycles. The Morgan fingerprint density at radius 1 is 1.33 bits per heavy atom. The third kappa shape index (κ3) is 4.62. The Bertz CT molecular complexity index is 362. The maximum atomic E-state index is 6.06. The van der Waals surface area contributed by atoms with Crippen molar-refractivity contribution < 1.29 is 0 Å². The monoisotopic (exact) mass is 267 g/mol. The molecule has 1 unspecified atom stereocenters. The largest absolute Gasteiger partial charge is 0.316 e. The molecule has 0 amide bonds. The Morgan fingerprint density at radius 3 is 2.61 bits per heavy atom. The molecular weight excluding hydrogens is 242 g/mol. The summed E-state index contributed by atoms with van der Waals surface area (Å²) in [6.45, 7) is 11.3. The number of benzene rings is 1. The van der Waals surface area contributed by atoms with Gasteiger partial charge in [0, 0.05) is 11.6 Å². The highest BCUT2D eigenvalue weighted by molar-refractivity contribution is 6.30. The molecule has 0 bridgehead atoms. The number of hydrogen-bond donors (Lipinski definition) is 1. The summed E-state index contributed by atoms with van der Waals surface area (Å²) in [6.07, 6.45) is 2.26. The molecule has 102 valence electrons. The lowest BCUT2D eigenvalue weighted by Crippen LogP contribution is -2.38. The van der Waals surface area contributed by atoms with E-state index in [4.69, 9.17) is 11.6 Å². The van der Waals surface area contributed by atoms with Crippen LogP contribution in [0.4, 0.5) is 0 Å². The van der Waals surface area contributed by atoms with Crippen LogP contribution >= 0.6 is 11.6 Å². The van der Waals surface area contributed by atoms with Crippen LogP contribution < -0.4 is 5.32 Å². The van der Waals surface area contributed by atoms with E-state index in [0.29, 0.717) is 5.92 Å². The van der Waals surface area contributed by atoms with Crippen LogP contribution in [0.1, 0.15) is 39.7 Å². The Labute approximate surface area is 117 Å². The van der Waals surface area contributed by atoms with Crippen LogP contribution in [-0.2, 0) is 6.42 Å². The van der Waals surface area contributed by atoms with E-state index < -0.39 is 0 Å². The Hall–Kier alpha value is -0.530. The minimum Gasteiger partial charge on any atom is -0.316 e. The molecule has 0 saturated carbocycles. The molecule has 2 heteroatoms. The van der Waals surface area contributed by atoms with Gasteiger partial charge in [-0.25, -0.2) is 0 Å². The first-order valence-corrected chi connectivity index (χ1v) is 7.31. The minimum atomic E-state index is 0.278. The van der Waals surface area contributed by atoms with E-state index in [1.54, 1.807) is 0 Å². The summed E-state index contributed by atoms with van der Waals surface area (Å²) in [7, 11) is 0. The topological polar surface area (TPSA) is 12.0 Å². The lowest BCUT2D eigenvalue weighted by atomic mass is 9.74. The van der Waals surface area contributed by atoms with Crippen molar-refractivity contribution in [2.24, 2.45) is 11.3 Å². The molecule has 0 aromatic heterocycles. The van der Waals surface area contributed by atoms with Crippen LogP contribution in [-0.4, -0.2) is 13.1 Å². The van der Waals surface area contributed by atoms with Crippen molar-refractivity contribution in [2.75, 3.05) is 13.1 Å². The molecule has 0 radical (unpaired) electrons.